The zero-order valence-corrected chi connectivity index (χ0v) is 10.6. The number of aliphatic hydroxyl groups excluding tert-OH is 1. The van der Waals surface area contributed by atoms with Crippen LogP contribution in [0.3, 0.4) is 0 Å². The third-order valence-corrected chi connectivity index (χ3v) is 2.91. The number of nitriles is 1. The second kappa shape index (κ2) is 5.13. The summed E-state index contributed by atoms with van der Waals surface area (Å²) in [6.07, 6.45) is -2.44. The van der Waals surface area contributed by atoms with Gasteiger partial charge in [0.2, 0.25) is 0 Å². The van der Waals surface area contributed by atoms with Crippen molar-refractivity contribution in [1.29, 1.82) is 5.26 Å². The summed E-state index contributed by atoms with van der Waals surface area (Å²) in [7, 11) is 2.64. The number of hydrogen-bond donors (Lipinski definition) is 1. The molecule has 2 fully saturated rings. The molecule has 2 rings (SSSR count). The van der Waals surface area contributed by atoms with Crippen LogP contribution < -0.4 is 0 Å². The lowest BCUT2D eigenvalue weighted by Crippen LogP contribution is -2.42. The highest BCUT2D eigenvalue weighted by molar-refractivity contribution is 6.41. The lowest BCUT2D eigenvalue weighted by atomic mass is 9.97. The van der Waals surface area contributed by atoms with Gasteiger partial charge in [-0.1, -0.05) is 7.41 Å². The molecular weight excluding hydrogens is 239 g/mol. The van der Waals surface area contributed by atoms with Gasteiger partial charge in [-0.3, -0.25) is 5.26 Å². The topological polar surface area (TPSA) is 84.2 Å². The molecule has 18 heavy (non-hydrogen) atoms. The zero-order chi connectivity index (χ0) is 13.3. The van der Waals surface area contributed by atoms with Gasteiger partial charge >= 0.3 is 0 Å². The largest absolute Gasteiger partial charge is 0.410 e. The summed E-state index contributed by atoms with van der Waals surface area (Å²) in [6.45, 7) is 3.76. The van der Waals surface area contributed by atoms with Crippen molar-refractivity contribution < 1.29 is 24.2 Å². The van der Waals surface area contributed by atoms with Gasteiger partial charge in [0, 0.05) is 6.54 Å². The Hall–Kier alpha value is -0.685. The molecule has 2 saturated heterocycles. The van der Waals surface area contributed by atoms with E-state index in [1.165, 1.54) is 19.5 Å². The first-order valence-electron chi connectivity index (χ1n) is 5.70. The van der Waals surface area contributed by atoms with E-state index >= 15 is 0 Å². The molecule has 0 spiro atoms. The summed E-state index contributed by atoms with van der Waals surface area (Å²) < 4.78 is 16.6. The molecule has 2 aliphatic rings. The van der Waals surface area contributed by atoms with Crippen LogP contribution in [0, 0.1) is 11.2 Å². The van der Waals surface area contributed by atoms with E-state index in [1.54, 1.807) is 13.8 Å². The van der Waals surface area contributed by atoms with Gasteiger partial charge in [-0.15, -0.1) is 0 Å². The average molecular weight is 255 g/mol. The molecule has 0 aliphatic carbocycles. The lowest BCUT2D eigenvalue weighted by molar-refractivity contribution is -0.221. The lowest BCUT2D eigenvalue weighted by Gasteiger charge is -2.33. The highest BCUT2D eigenvalue weighted by Crippen LogP contribution is 2.37. The Balaban J connectivity index is 1.93. The van der Waals surface area contributed by atoms with Crippen LogP contribution >= 0.6 is 0 Å². The first-order valence-corrected chi connectivity index (χ1v) is 5.70. The molecule has 8 heteroatoms. The predicted molar refractivity (Wildman–Crippen MR) is 59.8 cm³/mol. The minimum Gasteiger partial charge on any atom is -0.410 e. The Morgan fingerprint density at radius 3 is 2.78 bits per heavy atom. The highest BCUT2D eigenvalue weighted by Gasteiger charge is 2.54. The van der Waals surface area contributed by atoms with Crippen LogP contribution in [0.1, 0.15) is 13.8 Å². The Kier molecular flexibility index (Phi) is 3.91. The molecular formula is C10H16BN2O5-. The zero-order valence-electron chi connectivity index (χ0n) is 10.6. The summed E-state index contributed by atoms with van der Waals surface area (Å²) in [5.74, 6) is 1.10. The molecule has 2 heterocycles. The Morgan fingerprint density at radius 2 is 2.22 bits per heavy atom. The fourth-order valence-electron chi connectivity index (χ4n) is 2.13. The van der Waals surface area contributed by atoms with Gasteiger partial charge in [-0.2, -0.15) is 0 Å². The minimum absolute atomic E-state index is 0.228. The van der Waals surface area contributed by atoms with E-state index < -0.39 is 30.4 Å². The van der Waals surface area contributed by atoms with Crippen LogP contribution in [-0.2, 0) is 19.0 Å². The Bertz CT molecular complexity index is 348. The molecule has 0 aromatic heterocycles. The number of ether oxygens (including phenoxy) is 3. The Morgan fingerprint density at radius 1 is 1.50 bits per heavy atom. The van der Waals surface area contributed by atoms with E-state index in [1.807, 2.05) is 5.97 Å². The monoisotopic (exact) mass is 255 g/mol. The van der Waals surface area contributed by atoms with E-state index in [0.29, 0.717) is 0 Å². The fraction of sp³-hybridized carbons (Fsp3) is 0.900. The minimum atomic E-state index is -0.818. The maximum Gasteiger partial charge on any atom is 0.190 e. The summed E-state index contributed by atoms with van der Waals surface area (Å²) >= 11 is 0. The first kappa shape index (κ1) is 13.7. The molecule has 1 N–H and O–H groups in total. The van der Waals surface area contributed by atoms with Crippen molar-refractivity contribution in [2.45, 2.75) is 44.2 Å². The Labute approximate surface area is 106 Å². The summed E-state index contributed by atoms with van der Waals surface area (Å²) in [5, 5.41) is 18.7. The van der Waals surface area contributed by atoms with E-state index in [9.17, 15) is 5.11 Å². The number of hydroxylamine groups is 1. The van der Waals surface area contributed by atoms with Crippen molar-refractivity contribution >= 4 is 7.41 Å². The molecule has 2 radical (unpaired) electrons. The molecule has 0 unspecified atom stereocenters. The number of hydrogen-bond acceptors (Lipinski definition) is 7. The van der Waals surface area contributed by atoms with Gasteiger partial charge in [0.15, 0.2) is 12.1 Å². The summed E-state index contributed by atoms with van der Waals surface area (Å²) in [6, 6.07) is 0. The van der Waals surface area contributed by atoms with E-state index in [2.05, 4.69) is 0 Å². The number of fused-ring (bicyclic) bond motifs is 1. The van der Waals surface area contributed by atoms with Gasteiger partial charge in [0.1, 0.15) is 18.3 Å². The van der Waals surface area contributed by atoms with Crippen LogP contribution in [0.25, 0.3) is 0 Å². The molecule has 0 amide bonds. The SMILES string of the molecule is CON([B-]C#N)C[C@H]1O[C@@H]2OC(C)(C)O[C@@H]2[C@H]1O. The van der Waals surface area contributed by atoms with Crippen LogP contribution in [0.4, 0.5) is 0 Å². The molecule has 7 nitrogen and oxygen atoms in total. The molecule has 4 atom stereocenters. The second-order valence-electron chi connectivity index (χ2n) is 4.67. The quantitative estimate of drug-likeness (QED) is 0.519. The first-order chi connectivity index (χ1) is 8.46. The van der Waals surface area contributed by atoms with Crippen LogP contribution in [0.2, 0.25) is 0 Å². The van der Waals surface area contributed by atoms with Gasteiger partial charge in [0.25, 0.3) is 0 Å². The van der Waals surface area contributed by atoms with Crippen molar-refractivity contribution in [3.05, 3.63) is 0 Å². The predicted octanol–water partition coefficient (Wildman–Crippen LogP) is -0.813. The van der Waals surface area contributed by atoms with Crippen molar-refractivity contribution in [2.24, 2.45) is 0 Å². The number of rotatable bonds is 4. The van der Waals surface area contributed by atoms with Crippen molar-refractivity contribution in [2.75, 3.05) is 13.7 Å². The van der Waals surface area contributed by atoms with E-state index in [0.717, 1.165) is 0 Å². The molecule has 0 aromatic rings. The third-order valence-electron chi connectivity index (χ3n) is 2.91. The van der Waals surface area contributed by atoms with Gasteiger partial charge in [0.05, 0.1) is 7.11 Å². The molecule has 0 bridgehead atoms. The maximum atomic E-state index is 10.1. The standard InChI is InChI=1S/C10H16BN2O5/c1-10(2)17-8-7(14)6(16-9(8)18-10)4-13(15-3)11-5-12/h6-9,14H,4H2,1-3H3/q-1/t6-,7+,8-,9-/m1/s1. The van der Waals surface area contributed by atoms with Crippen LogP contribution in [0.15, 0.2) is 0 Å². The van der Waals surface area contributed by atoms with E-state index in [-0.39, 0.29) is 6.54 Å². The maximum absolute atomic E-state index is 10.1. The van der Waals surface area contributed by atoms with Crippen molar-refractivity contribution in [1.82, 2.24) is 4.97 Å². The van der Waals surface area contributed by atoms with Crippen molar-refractivity contribution in [3.8, 4) is 5.97 Å². The second-order valence-corrected chi connectivity index (χ2v) is 4.67. The third kappa shape index (κ3) is 2.67. The highest BCUT2D eigenvalue weighted by atomic mass is 16.8. The molecule has 0 saturated carbocycles. The molecule has 2 aliphatic heterocycles. The summed E-state index contributed by atoms with van der Waals surface area (Å²) in [5.41, 5.74) is 0. The number of aliphatic hydroxyl groups is 1. The molecule has 100 valence electrons. The van der Waals surface area contributed by atoms with Gasteiger partial charge in [-0.25, -0.2) is 5.97 Å². The van der Waals surface area contributed by atoms with Gasteiger partial charge < -0.3 is 29.1 Å². The van der Waals surface area contributed by atoms with Crippen molar-refractivity contribution in [3.63, 3.8) is 0 Å². The average Bonchev–Trinajstić information content (AvgIpc) is 2.73. The summed E-state index contributed by atoms with van der Waals surface area (Å²) in [4.78, 5) is 6.24. The van der Waals surface area contributed by atoms with Crippen LogP contribution in [-0.4, -0.2) is 61.5 Å². The van der Waals surface area contributed by atoms with Crippen LogP contribution in [0.5, 0.6) is 0 Å². The van der Waals surface area contributed by atoms with Gasteiger partial charge in [-0.05, 0) is 13.8 Å². The van der Waals surface area contributed by atoms with E-state index in [4.69, 9.17) is 24.3 Å². The smallest absolute Gasteiger partial charge is 0.190 e. The fourth-order valence-corrected chi connectivity index (χ4v) is 2.13. The normalized spacial score (nSPS) is 37.8. The molecule has 0 aromatic carbocycles. The number of nitrogens with zero attached hydrogens (tertiary/aromatic N) is 2.